The third-order valence-electron chi connectivity index (χ3n) is 2.81. The van der Waals surface area contributed by atoms with Gasteiger partial charge in [-0.25, -0.2) is 0 Å². The van der Waals surface area contributed by atoms with Crippen molar-refractivity contribution in [2.75, 3.05) is 0 Å². The van der Waals surface area contributed by atoms with E-state index in [0.29, 0.717) is 13.1 Å². The van der Waals surface area contributed by atoms with Crippen LogP contribution in [0.4, 0.5) is 0 Å². The molecular formula is C15H19NO2S. The van der Waals surface area contributed by atoms with Crippen LogP contribution in [0.3, 0.4) is 0 Å². The van der Waals surface area contributed by atoms with E-state index >= 15 is 0 Å². The summed E-state index contributed by atoms with van der Waals surface area (Å²) in [6.07, 6.45) is 3.33. The van der Waals surface area contributed by atoms with Crippen molar-refractivity contribution < 1.29 is 9.21 Å². The average molecular weight is 277 g/mol. The Labute approximate surface area is 117 Å². The lowest BCUT2D eigenvalue weighted by Gasteiger charge is -2.29. The number of nitrogens with zero attached hydrogens (tertiary/aromatic N) is 1. The summed E-state index contributed by atoms with van der Waals surface area (Å²) in [7, 11) is 0. The predicted octanol–water partition coefficient (Wildman–Crippen LogP) is 3.92. The van der Waals surface area contributed by atoms with Crippen LogP contribution in [0.15, 0.2) is 40.5 Å². The highest BCUT2D eigenvalue weighted by Crippen LogP contribution is 2.22. The van der Waals surface area contributed by atoms with Crippen molar-refractivity contribution in [3.8, 4) is 0 Å². The maximum Gasteiger partial charge on any atom is 0.228 e. The third-order valence-corrected chi connectivity index (χ3v) is 3.67. The van der Waals surface area contributed by atoms with Crippen molar-refractivity contribution in [1.82, 2.24) is 4.90 Å². The van der Waals surface area contributed by atoms with E-state index in [1.165, 1.54) is 4.88 Å². The minimum absolute atomic E-state index is 0.155. The maximum absolute atomic E-state index is 12.5. The van der Waals surface area contributed by atoms with Gasteiger partial charge in [0.25, 0.3) is 0 Å². The Morgan fingerprint density at radius 1 is 1.32 bits per heavy atom. The van der Waals surface area contributed by atoms with Crippen LogP contribution in [0.5, 0.6) is 0 Å². The fourth-order valence-corrected chi connectivity index (χ4v) is 2.59. The van der Waals surface area contributed by atoms with Gasteiger partial charge >= 0.3 is 0 Å². The number of thiophene rings is 1. The zero-order chi connectivity index (χ0) is 13.9. The first-order chi connectivity index (χ1) is 8.97. The first-order valence-corrected chi connectivity index (χ1v) is 7.17. The van der Waals surface area contributed by atoms with Crippen molar-refractivity contribution in [3.63, 3.8) is 0 Å². The summed E-state index contributed by atoms with van der Waals surface area (Å²) in [5.41, 5.74) is 0.648. The van der Waals surface area contributed by atoms with Gasteiger partial charge < -0.3 is 9.32 Å². The van der Waals surface area contributed by atoms with Crippen LogP contribution >= 0.6 is 11.3 Å². The van der Waals surface area contributed by atoms with Gasteiger partial charge in [0.15, 0.2) is 0 Å². The summed E-state index contributed by atoms with van der Waals surface area (Å²) in [6, 6.07) is 5.97. The highest BCUT2D eigenvalue weighted by atomic mass is 32.1. The first-order valence-electron chi connectivity index (χ1n) is 6.29. The molecule has 0 spiro atoms. The smallest absolute Gasteiger partial charge is 0.228 e. The lowest BCUT2D eigenvalue weighted by molar-refractivity contribution is -0.140. The molecule has 0 bridgehead atoms. The summed E-state index contributed by atoms with van der Waals surface area (Å²) in [5, 5.41) is 2.03. The van der Waals surface area contributed by atoms with Gasteiger partial charge in [-0.05, 0) is 17.5 Å². The van der Waals surface area contributed by atoms with Crippen LogP contribution in [0.2, 0.25) is 0 Å². The van der Waals surface area contributed by atoms with E-state index in [1.807, 2.05) is 43.2 Å². The number of amides is 1. The Morgan fingerprint density at radius 2 is 2.11 bits per heavy atom. The quantitative estimate of drug-likeness (QED) is 0.848. The molecule has 0 fully saturated rings. The molecule has 0 radical (unpaired) electrons. The largest absolute Gasteiger partial charge is 0.472 e. The Kier molecular flexibility index (Phi) is 4.10. The fourth-order valence-electron chi connectivity index (χ4n) is 1.87. The topological polar surface area (TPSA) is 33.5 Å². The molecule has 0 aliphatic heterocycles. The summed E-state index contributed by atoms with van der Waals surface area (Å²) >= 11 is 1.67. The van der Waals surface area contributed by atoms with Crippen molar-refractivity contribution in [2.45, 2.75) is 33.9 Å². The van der Waals surface area contributed by atoms with Crippen LogP contribution in [-0.2, 0) is 17.9 Å². The van der Waals surface area contributed by atoms with E-state index in [2.05, 4.69) is 6.07 Å². The first kappa shape index (κ1) is 13.9. The van der Waals surface area contributed by atoms with Crippen LogP contribution < -0.4 is 0 Å². The number of furan rings is 1. The normalized spacial score (nSPS) is 11.5. The molecule has 102 valence electrons. The number of hydrogen-bond acceptors (Lipinski definition) is 3. The molecule has 19 heavy (non-hydrogen) atoms. The Balaban J connectivity index is 2.15. The van der Waals surface area contributed by atoms with Crippen LogP contribution in [-0.4, -0.2) is 10.8 Å². The van der Waals surface area contributed by atoms with Gasteiger partial charge in [-0.3, -0.25) is 4.79 Å². The molecule has 0 aliphatic rings. The van der Waals surface area contributed by atoms with E-state index < -0.39 is 0 Å². The SMILES string of the molecule is CC(C)(C)C(=O)N(Cc1ccoc1)Cc1cccs1. The standard InChI is InChI=1S/C15H19NO2S/c1-15(2,3)14(17)16(9-12-6-7-18-11-12)10-13-5-4-8-19-13/h4-8,11H,9-10H2,1-3H3. The van der Waals surface area contributed by atoms with Gasteiger partial charge in [0.2, 0.25) is 5.91 Å². The fraction of sp³-hybridized carbons (Fsp3) is 0.400. The van der Waals surface area contributed by atoms with Crippen LogP contribution in [0.25, 0.3) is 0 Å². The number of carbonyl (C=O) groups is 1. The molecule has 2 aromatic heterocycles. The molecular weight excluding hydrogens is 258 g/mol. The minimum atomic E-state index is -0.374. The molecule has 0 atom stereocenters. The van der Waals surface area contributed by atoms with Crippen molar-refractivity contribution in [3.05, 3.63) is 46.5 Å². The lowest BCUT2D eigenvalue weighted by Crippen LogP contribution is -2.38. The second kappa shape index (κ2) is 5.61. The summed E-state index contributed by atoms with van der Waals surface area (Å²) in [5.74, 6) is 0.155. The van der Waals surface area contributed by atoms with Gasteiger partial charge in [0.1, 0.15) is 0 Å². The Bertz CT molecular complexity index is 473. The molecule has 2 heterocycles. The number of rotatable bonds is 4. The molecule has 3 nitrogen and oxygen atoms in total. The predicted molar refractivity (Wildman–Crippen MR) is 76.7 cm³/mol. The van der Waals surface area contributed by atoms with Gasteiger partial charge in [0.05, 0.1) is 19.1 Å². The highest BCUT2D eigenvalue weighted by molar-refractivity contribution is 7.09. The van der Waals surface area contributed by atoms with E-state index in [1.54, 1.807) is 23.9 Å². The molecule has 4 heteroatoms. The Morgan fingerprint density at radius 3 is 2.63 bits per heavy atom. The van der Waals surface area contributed by atoms with Gasteiger partial charge in [-0.15, -0.1) is 11.3 Å². The molecule has 0 saturated carbocycles. The zero-order valence-electron chi connectivity index (χ0n) is 11.6. The van der Waals surface area contributed by atoms with E-state index in [9.17, 15) is 4.79 Å². The maximum atomic E-state index is 12.5. The van der Waals surface area contributed by atoms with Crippen molar-refractivity contribution in [2.24, 2.45) is 5.41 Å². The second-order valence-corrected chi connectivity index (χ2v) is 6.65. The van der Waals surface area contributed by atoms with Crippen LogP contribution in [0, 0.1) is 5.41 Å². The molecule has 2 aromatic rings. The van der Waals surface area contributed by atoms with Crippen molar-refractivity contribution >= 4 is 17.2 Å². The summed E-state index contributed by atoms with van der Waals surface area (Å²) in [4.78, 5) is 15.6. The minimum Gasteiger partial charge on any atom is -0.472 e. The summed E-state index contributed by atoms with van der Waals surface area (Å²) < 4.78 is 5.08. The monoisotopic (exact) mass is 277 g/mol. The molecule has 0 N–H and O–H groups in total. The van der Waals surface area contributed by atoms with Crippen LogP contribution in [0.1, 0.15) is 31.2 Å². The molecule has 0 saturated heterocycles. The summed E-state index contributed by atoms with van der Waals surface area (Å²) in [6.45, 7) is 7.09. The molecule has 0 aromatic carbocycles. The van der Waals surface area contributed by atoms with Gasteiger partial charge in [-0.2, -0.15) is 0 Å². The van der Waals surface area contributed by atoms with E-state index in [0.717, 1.165) is 5.56 Å². The van der Waals surface area contributed by atoms with E-state index in [-0.39, 0.29) is 11.3 Å². The zero-order valence-corrected chi connectivity index (χ0v) is 12.4. The number of carbonyl (C=O) groups excluding carboxylic acids is 1. The highest BCUT2D eigenvalue weighted by Gasteiger charge is 2.27. The average Bonchev–Trinajstić information content (AvgIpc) is 2.98. The molecule has 0 unspecified atom stereocenters. The van der Waals surface area contributed by atoms with Crippen molar-refractivity contribution in [1.29, 1.82) is 0 Å². The van der Waals surface area contributed by atoms with E-state index in [4.69, 9.17) is 4.42 Å². The molecule has 0 aliphatic carbocycles. The molecule has 2 rings (SSSR count). The number of hydrogen-bond donors (Lipinski definition) is 0. The van der Waals surface area contributed by atoms with Gasteiger partial charge in [0, 0.05) is 22.4 Å². The second-order valence-electron chi connectivity index (χ2n) is 5.62. The Hall–Kier alpha value is -1.55. The van der Waals surface area contributed by atoms with Gasteiger partial charge in [-0.1, -0.05) is 26.8 Å². The molecule has 1 amide bonds. The third kappa shape index (κ3) is 3.70. The lowest BCUT2D eigenvalue weighted by atomic mass is 9.94.